The standard InChI is InChI=1S/C8H15NO3/c1-8(2,3)12-7(10)6-4-5-11-9-6/h6,9H,4-5H2,1-3H3/t6-/m1/s1. The van der Waals surface area contributed by atoms with Gasteiger partial charge in [-0.3, -0.25) is 4.79 Å². The van der Waals surface area contributed by atoms with E-state index in [0.29, 0.717) is 13.0 Å². The average Bonchev–Trinajstić information content (AvgIpc) is 2.32. The maximum atomic E-state index is 11.3. The number of esters is 1. The summed E-state index contributed by atoms with van der Waals surface area (Å²) in [5.41, 5.74) is 2.19. The monoisotopic (exact) mass is 173 g/mol. The molecule has 1 atom stereocenters. The highest BCUT2D eigenvalue weighted by Crippen LogP contribution is 2.11. The third-order valence-corrected chi connectivity index (χ3v) is 1.43. The molecule has 4 heteroatoms. The second-order valence-electron chi connectivity index (χ2n) is 3.84. The van der Waals surface area contributed by atoms with Crippen LogP contribution in [0, 0.1) is 0 Å². The highest BCUT2D eigenvalue weighted by atomic mass is 16.7. The van der Waals surface area contributed by atoms with Crippen molar-refractivity contribution in [2.75, 3.05) is 6.61 Å². The number of hydrogen-bond donors (Lipinski definition) is 1. The Morgan fingerprint density at radius 1 is 1.58 bits per heavy atom. The molecule has 1 fully saturated rings. The molecule has 1 heterocycles. The van der Waals surface area contributed by atoms with Crippen molar-refractivity contribution >= 4 is 5.97 Å². The van der Waals surface area contributed by atoms with Crippen LogP contribution in [0.4, 0.5) is 0 Å². The van der Waals surface area contributed by atoms with E-state index in [2.05, 4.69) is 5.48 Å². The van der Waals surface area contributed by atoms with Gasteiger partial charge in [0.05, 0.1) is 6.61 Å². The number of carbonyl (C=O) groups is 1. The summed E-state index contributed by atoms with van der Waals surface area (Å²) in [5.74, 6) is -0.236. The van der Waals surface area contributed by atoms with Crippen LogP contribution < -0.4 is 5.48 Å². The summed E-state index contributed by atoms with van der Waals surface area (Å²) in [5, 5.41) is 0. The van der Waals surface area contributed by atoms with Crippen molar-refractivity contribution in [3.05, 3.63) is 0 Å². The molecule has 0 aromatic carbocycles. The highest BCUT2D eigenvalue weighted by Gasteiger charge is 2.28. The fourth-order valence-electron chi connectivity index (χ4n) is 0.934. The first-order valence-electron chi connectivity index (χ1n) is 4.09. The minimum Gasteiger partial charge on any atom is -0.459 e. The second kappa shape index (κ2) is 3.41. The normalized spacial score (nSPS) is 24.1. The van der Waals surface area contributed by atoms with Crippen LogP contribution in [0.2, 0.25) is 0 Å². The summed E-state index contributed by atoms with van der Waals surface area (Å²) >= 11 is 0. The Bertz CT molecular complexity index is 168. The fourth-order valence-corrected chi connectivity index (χ4v) is 0.934. The Labute approximate surface area is 72.2 Å². The van der Waals surface area contributed by atoms with Gasteiger partial charge in [-0.1, -0.05) is 0 Å². The maximum Gasteiger partial charge on any atom is 0.326 e. The van der Waals surface area contributed by atoms with Crippen molar-refractivity contribution in [2.24, 2.45) is 0 Å². The molecular formula is C8H15NO3. The molecular weight excluding hydrogens is 158 g/mol. The van der Waals surface area contributed by atoms with E-state index < -0.39 is 5.60 Å². The SMILES string of the molecule is CC(C)(C)OC(=O)[C@H]1CCON1. The zero-order chi connectivity index (χ0) is 9.19. The second-order valence-corrected chi connectivity index (χ2v) is 3.84. The summed E-state index contributed by atoms with van der Waals surface area (Å²) < 4.78 is 5.14. The summed E-state index contributed by atoms with van der Waals surface area (Å²) in [6, 6.07) is -0.288. The molecule has 1 rings (SSSR count). The lowest BCUT2D eigenvalue weighted by molar-refractivity contribution is -0.158. The van der Waals surface area contributed by atoms with E-state index in [9.17, 15) is 4.79 Å². The Balaban J connectivity index is 2.37. The number of ether oxygens (including phenoxy) is 1. The fraction of sp³-hybridized carbons (Fsp3) is 0.875. The first-order valence-corrected chi connectivity index (χ1v) is 4.09. The Kier molecular flexibility index (Phi) is 2.69. The number of carbonyl (C=O) groups excluding carboxylic acids is 1. The van der Waals surface area contributed by atoms with Crippen molar-refractivity contribution in [3.63, 3.8) is 0 Å². The van der Waals surface area contributed by atoms with Gasteiger partial charge in [-0.05, 0) is 20.8 Å². The van der Waals surface area contributed by atoms with Crippen molar-refractivity contribution in [1.29, 1.82) is 0 Å². The van der Waals surface area contributed by atoms with Gasteiger partial charge in [0, 0.05) is 6.42 Å². The lowest BCUT2D eigenvalue weighted by Crippen LogP contribution is -2.36. The van der Waals surface area contributed by atoms with E-state index in [0.717, 1.165) is 0 Å². The van der Waals surface area contributed by atoms with E-state index in [-0.39, 0.29) is 12.0 Å². The van der Waals surface area contributed by atoms with E-state index in [1.165, 1.54) is 0 Å². The Morgan fingerprint density at radius 3 is 2.67 bits per heavy atom. The summed E-state index contributed by atoms with van der Waals surface area (Å²) in [6.07, 6.45) is 0.689. The molecule has 12 heavy (non-hydrogen) atoms. The van der Waals surface area contributed by atoms with Gasteiger partial charge in [-0.2, -0.15) is 5.48 Å². The molecule has 1 aliphatic heterocycles. The molecule has 0 saturated carbocycles. The van der Waals surface area contributed by atoms with Crippen LogP contribution in [0.15, 0.2) is 0 Å². The third-order valence-electron chi connectivity index (χ3n) is 1.43. The third kappa shape index (κ3) is 2.79. The zero-order valence-corrected chi connectivity index (χ0v) is 7.72. The van der Waals surface area contributed by atoms with Gasteiger partial charge in [-0.15, -0.1) is 0 Å². The van der Waals surface area contributed by atoms with E-state index in [1.54, 1.807) is 0 Å². The van der Waals surface area contributed by atoms with E-state index >= 15 is 0 Å². The summed E-state index contributed by atoms with van der Waals surface area (Å²) in [7, 11) is 0. The van der Waals surface area contributed by atoms with Gasteiger partial charge in [0.15, 0.2) is 0 Å². The minimum atomic E-state index is -0.415. The quantitative estimate of drug-likeness (QED) is 0.590. The molecule has 0 spiro atoms. The van der Waals surface area contributed by atoms with Crippen LogP contribution in [0.1, 0.15) is 27.2 Å². The lowest BCUT2D eigenvalue weighted by atomic mass is 10.2. The number of nitrogens with one attached hydrogen (secondary N) is 1. The van der Waals surface area contributed by atoms with Crippen LogP contribution in [-0.4, -0.2) is 24.2 Å². The number of rotatable bonds is 1. The molecule has 0 radical (unpaired) electrons. The molecule has 1 saturated heterocycles. The van der Waals surface area contributed by atoms with Gasteiger partial charge >= 0.3 is 5.97 Å². The molecule has 0 aliphatic carbocycles. The van der Waals surface area contributed by atoms with E-state index in [1.807, 2.05) is 20.8 Å². The molecule has 0 aromatic rings. The minimum absolute atomic E-state index is 0.236. The van der Waals surface area contributed by atoms with Gasteiger partial charge < -0.3 is 9.57 Å². The van der Waals surface area contributed by atoms with Crippen LogP contribution in [-0.2, 0) is 14.4 Å². The smallest absolute Gasteiger partial charge is 0.326 e. The number of hydroxylamine groups is 1. The maximum absolute atomic E-state index is 11.3. The van der Waals surface area contributed by atoms with Gasteiger partial charge in [-0.25, -0.2) is 0 Å². The topological polar surface area (TPSA) is 47.6 Å². The van der Waals surface area contributed by atoms with Crippen LogP contribution >= 0.6 is 0 Å². The molecule has 4 nitrogen and oxygen atoms in total. The van der Waals surface area contributed by atoms with Crippen molar-refractivity contribution in [2.45, 2.75) is 38.8 Å². The molecule has 0 aromatic heterocycles. The van der Waals surface area contributed by atoms with Crippen LogP contribution in [0.5, 0.6) is 0 Å². The molecule has 1 N–H and O–H groups in total. The number of hydrogen-bond acceptors (Lipinski definition) is 4. The zero-order valence-electron chi connectivity index (χ0n) is 7.72. The predicted molar refractivity (Wildman–Crippen MR) is 43.3 cm³/mol. The molecule has 0 bridgehead atoms. The van der Waals surface area contributed by atoms with E-state index in [4.69, 9.17) is 9.57 Å². The molecule has 0 unspecified atom stereocenters. The van der Waals surface area contributed by atoms with Gasteiger partial charge in [0.25, 0.3) is 0 Å². The van der Waals surface area contributed by atoms with Gasteiger partial charge in [0.2, 0.25) is 0 Å². The van der Waals surface area contributed by atoms with Crippen molar-refractivity contribution in [3.8, 4) is 0 Å². The predicted octanol–water partition coefficient (Wildman–Crippen LogP) is 0.622. The summed E-state index contributed by atoms with van der Waals surface area (Å²) in [6.45, 7) is 6.12. The Hall–Kier alpha value is -0.610. The average molecular weight is 173 g/mol. The molecule has 0 amide bonds. The molecule has 70 valence electrons. The highest BCUT2D eigenvalue weighted by molar-refractivity contribution is 5.76. The summed E-state index contributed by atoms with van der Waals surface area (Å²) in [4.78, 5) is 16.1. The first-order chi connectivity index (χ1) is 5.49. The molecule has 1 aliphatic rings. The Morgan fingerprint density at radius 2 is 2.25 bits per heavy atom. The van der Waals surface area contributed by atoms with Crippen LogP contribution in [0.3, 0.4) is 0 Å². The van der Waals surface area contributed by atoms with Crippen molar-refractivity contribution < 1.29 is 14.4 Å². The largest absolute Gasteiger partial charge is 0.459 e. The first kappa shape index (κ1) is 9.48. The van der Waals surface area contributed by atoms with Crippen LogP contribution in [0.25, 0.3) is 0 Å². The lowest BCUT2D eigenvalue weighted by Gasteiger charge is -2.21. The van der Waals surface area contributed by atoms with Gasteiger partial charge in [0.1, 0.15) is 11.6 Å². The van der Waals surface area contributed by atoms with Crippen molar-refractivity contribution in [1.82, 2.24) is 5.48 Å².